The average molecular weight is 343 g/mol. The van der Waals surface area contributed by atoms with Crippen LogP contribution in [-0.4, -0.2) is 29.6 Å². The average Bonchev–Trinajstić information content (AvgIpc) is 2.60. The highest BCUT2D eigenvalue weighted by Crippen LogP contribution is 2.14. The van der Waals surface area contributed by atoms with E-state index in [1.807, 2.05) is 24.3 Å². The normalized spacial score (nSPS) is 10.8. The molecule has 0 bridgehead atoms. The molecule has 0 unspecified atom stereocenters. The lowest BCUT2D eigenvalue weighted by molar-refractivity contribution is 0.0946. The van der Waals surface area contributed by atoms with Crippen LogP contribution in [0.5, 0.6) is 5.75 Å². The SMILES string of the molecule is CNC(=O)c1nc(C)c(CC(C)C)c(=O)n1Cc1ccc(OC)cc1. The third-order valence-corrected chi connectivity index (χ3v) is 4.01. The van der Waals surface area contributed by atoms with Crippen molar-refractivity contribution >= 4 is 5.91 Å². The first-order chi connectivity index (χ1) is 11.9. The van der Waals surface area contributed by atoms with E-state index in [0.717, 1.165) is 11.3 Å². The largest absolute Gasteiger partial charge is 0.497 e. The van der Waals surface area contributed by atoms with Gasteiger partial charge in [-0.1, -0.05) is 26.0 Å². The molecule has 0 aliphatic heterocycles. The molecule has 1 N–H and O–H groups in total. The summed E-state index contributed by atoms with van der Waals surface area (Å²) in [5, 5.41) is 2.56. The maximum atomic E-state index is 13.0. The fourth-order valence-corrected chi connectivity index (χ4v) is 2.69. The first kappa shape index (κ1) is 18.7. The number of aromatic nitrogens is 2. The van der Waals surface area contributed by atoms with Crippen molar-refractivity contribution in [1.29, 1.82) is 0 Å². The molecule has 0 aliphatic rings. The van der Waals surface area contributed by atoms with Crippen molar-refractivity contribution in [2.75, 3.05) is 14.2 Å². The summed E-state index contributed by atoms with van der Waals surface area (Å²) in [6, 6.07) is 7.41. The third-order valence-electron chi connectivity index (χ3n) is 4.01. The maximum Gasteiger partial charge on any atom is 0.287 e. The molecular formula is C19H25N3O3. The minimum Gasteiger partial charge on any atom is -0.497 e. The van der Waals surface area contributed by atoms with Gasteiger partial charge < -0.3 is 10.1 Å². The molecule has 0 aliphatic carbocycles. The monoisotopic (exact) mass is 343 g/mol. The van der Waals surface area contributed by atoms with Crippen LogP contribution in [0.25, 0.3) is 0 Å². The van der Waals surface area contributed by atoms with Crippen LogP contribution in [0, 0.1) is 12.8 Å². The predicted octanol–water partition coefficient (Wildman–Crippen LogP) is 2.17. The third kappa shape index (κ3) is 4.26. The van der Waals surface area contributed by atoms with Gasteiger partial charge in [0.05, 0.1) is 13.7 Å². The smallest absolute Gasteiger partial charge is 0.287 e. The summed E-state index contributed by atoms with van der Waals surface area (Å²) in [5.74, 6) is 0.830. The quantitative estimate of drug-likeness (QED) is 0.872. The number of nitrogens with zero attached hydrogens (tertiary/aromatic N) is 2. The Balaban J connectivity index is 2.54. The first-order valence-electron chi connectivity index (χ1n) is 8.32. The van der Waals surface area contributed by atoms with Crippen molar-refractivity contribution in [2.45, 2.75) is 33.7 Å². The van der Waals surface area contributed by atoms with Crippen LogP contribution in [0.1, 0.15) is 41.3 Å². The van der Waals surface area contributed by atoms with Crippen LogP contribution in [0.4, 0.5) is 0 Å². The summed E-state index contributed by atoms with van der Waals surface area (Å²) in [6.07, 6.45) is 0.633. The Morgan fingerprint density at radius 1 is 1.28 bits per heavy atom. The second-order valence-corrected chi connectivity index (χ2v) is 6.42. The molecule has 0 fully saturated rings. The van der Waals surface area contributed by atoms with Gasteiger partial charge in [0.1, 0.15) is 5.75 Å². The Labute approximate surface area is 147 Å². The second-order valence-electron chi connectivity index (χ2n) is 6.42. The number of hydrogen-bond donors (Lipinski definition) is 1. The van der Waals surface area contributed by atoms with Gasteiger partial charge in [0.2, 0.25) is 5.82 Å². The van der Waals surface area contributed by atoms with E-state index in [9.17, 15) is 9.59 Å². The highest BCUT2D eigenvalue weighted by molar-refractivity contribution is 5.90. The topological polar surface area (TPSA) is 73.2 Å². The molecule has 1 heterocycles. The molecule has 0 radical (unpaired) electrons. The number of ether oxygens (including phenoxy) is 1. The van der Waals surface area contributed by atoms with Crippen molar-refractivity contribution in [3.63, 3.8) is 0 Å². The van der Waals surface area contributed by atoms with Gasteiger partial charge in [0.25, 0.3) is 11.5 Å². The molecule has 2 rings (SSSR count). The lowest BCUT2D eigenvalue weighted by atomic mass is 10.0. The lowest BCUT2D eigenvalue weighted by Crippen LogP contribution is -2.35. The zero-order valence-corrected chi connectivity index (χ0v) is 15.4. The highest BCUT2D eigenvalue weighted by atomic mass is 16.5. The van der Waals surface area contributed by atoms with Gasteiger partial charge in [-0.3, -0.25) is 14.2 Å². The van der Waals surface area contributed by atoms with E-state index in [0.29, 0.717) is 23.6 Å². The Morgan fingerprint density at radius 3 is 2.44 bits per heavy atom. The number of carbonyl (C=O) groups is 1. The molecular weight excluding hydrogens is 318 g/mol. The molecule has 0 spiro atoms. The van der Waals surface area contributed by atoms with E-state index in [1.54, 1.807) is 14.0 Å². The van der Waals surface area contributed by atoms with Crippen molar-refractivity contribution in [2.24, 2.45) is 5.92 Å². The highest BCUT2D eigenvalue weighted by Gasteiger charge is 2.19. The fourth-order valence-electron chi connectivity index (χ4n) is 2.69. The van der Waals surface area contributed by atoms with E-state index in [-0.39, 0.29) is 23.8 Å². The number of nitrogens with one attached hydrogen (secondary N) is 1. The van der Waals surface area contributed by atoms with E-state index >= 15 is 0 Å². The molecule has 6 nitrogen and oxygen atoms in total. The molecule has 6 heteroatoms. The molecule has 0 atom stereocenters. The number of hydrogen-bond acceptors (Lipinski definition) is 4. The van der Waals surface area contributed by atoms with Crippen LogP contribution in [-0.2, 0) is 13.0 Å². The second kappa shape index (κ2) is 7.96. The van der Waals surface area contributed by atoms with Crippen LogP contribution < -0.4 is 15.6 Å². The van der Waals surface area contributed by atoms with Gasteiger partial charge in [-0.25, -0.2) is 4.98 Å². The van der Waals surface area contributed by atoms with E-state index in [2.05, 4.69) is 24.1 Å². The number of methoxy groups -OCH3 is 1. The van der Waals surface area contributed by atoms with Crippen molar-refractivity contribution < 1.29 is 9.53 Å². The van der Waals surface area contributed by atoms with Crippen molar-refractivity contribution in [3.8, 4) is 5.75 Å². The molecule has 1 amide bonds. The standard InChI is InChI=1S/C19H25N3O3/c1-12(2)10-16-13(3)21-17(18(23)20-4)22(19(16)24)11-14-6-8-15(25-5)9-7-14/h6-9,12H,10-11H2,1-5H3,(H,20,23). The van der Waals surface area contributed by atoms with E-state index < -0.39 is 0 Å². The number of aryl methyl sites for hydroxylation is 1. The fraction of sp³-hybridized carbons (Fsp3) is 0.421. The maximum absolute atomic E-state index is 13.0. The Bertz CT molecular complexity index is 808. The summed E-state index contributed by atoms with van der Waals surface area (Å²) in [6.45, 7) is 6.17. The van der Waals surface area contributed by atoms with Gasteiger partial charge in [-0.05, 0) is 37.0 Å². The van der Waals surface area contributed by atoms with Gasteiger partial charge in [0.15, 0.2) is 0 Å². The zero-order chi connectivity index (χ0) is 18.6. The van der Waals surface area contributed by atoms with Crippen molar-refractivity contribution in [1.82, 2.24) is 14.9 Å². The summed E-state index contributed by atoms with van der Waals surface area (Å²) >= 11 is 0. The zero-order valence-electron chi connectivity index (χ0n) is 15.4. The summed E-state index contributed by atoms with van der Waals surface area (Å²) < 4.78 is 6.61. The number of benzene rings is 1. The minimum atomic E-state index is -0.371. The first-order valence-corrected chi connectivity index (χ1v) is 8.32. The predicted molar refractivity (Wildman–Crippen MR) is 97.3 cm³/mol. The minimum absolute atomic E-state index is 0.133. The van der Waals surface area contributed by atoms with E-state index in [4.69, 9.17) is 4.74 Å². The Morgan fingerprint density at radius 2 is 1.92 bits per heavy atom. The van der Waals surface area contributed by atoms with Crippen LogP contribution in [0.2, 0.25) is 0 Å². The van der Waals surface area contributed by atoms with Crippen LogP contribution >= 0.6 is 0 Å². The summed E-state index contributed by atoms with van der Waals surface area (Å²) in [5.41, 5.74) is 2.02. The number of amides is 1. The molecule has 1 aromatic heterocycles. The number of rotatable bonds is 6. The molecule has 25 heavy (non-hydrogen) atoms. The molecule has 134 valence electrons. The lowest BCUT2D eigenvalue weighted by Gasteiger charge is -2.16. The Hall–Kier alpha value is -2.63. The van der Waals surface area contributed by atoms with Gasteiger partial charge in [-0.2, -0.15) is 0 Å². The summed E-state index contributed by atoms with van der Waals surface area (Å²) in [7, 11) is 3.13. The molecule has 2 aromatic rings. The van der Waals surface area contributed by atoms with Crippen LogP contribution in [0.15, 0.2) is 29.1 Å². The van der Waals surface area contributed by atoms with Gasteiger partial charge in [0, 0.05) is 18.3 Å². The van der Waals surface area contributed by atoms with Gasteiger partial charge >= 0.3 is 0 Å². The molecule has 0 saturated heterocycles. The van der Waals surface area contributed by atoms with E-state index in [1.165, 1.54) is 11.6 Å². The Kier molecular flexibility index (Phi) is 5.96. The summed E-state index contributed by atoms with van der Waals surface area (Å²) in [4.78, 5) is 29.6. The van der Waals surface area contributed by atoms with Crippen molar-refractivity contribution in [3.05, 3.63) is 57.3 Å². The van der Waals surface area contributed by atoms with Gasteiger partial charge in [-0.15, -0.1) is 0 Å². The number of carbonyl (C=O) groups excluding carboxylic acids is 1. The van der Waals surface area contributed by atoms with Crippen LogP contribution in [0.3, 0.4) is 0 Å². The molecule has 0 saturated carbocycles. The molecule has 1 aromatic carbocycles.